The van der Waals surface area contributed by atoms with Crippen molar-refractivity contribution in [1.29, 1.82) is 0 Å². The fourth-order valence-corrected chi connectivity index (χ4v) is 4.14. The van der Waals surface area contributed by atoms with E-state index in [1.165, 1.54) is 19.2 Å². The molecule has 4 aromatic rings. The molecule has 204 valence electrons. The zero-order valence-electron chi connectivity index (χ0n) is 21.5. The molecule has 1 unspecified atom stereocenters. The third-order valence-electron chi connectivity index (χ3n) is 6.19. The Labute approximate surface area is 223 Å². The number of halogens is 3. The van der Waals surface area contributed by atoms with Crippen molar-refractivity contribution in [3.05, 3.63) is 83.6 Å². The average Bonchev–Trinajstić information content (AvgIpc) is 2.93. The highest BCUT2D eigenvalue weighted by molar-refractivity contribution is 5.95. The number of aromatic carboxylic acids is 1. The summed E-state index contributed by atoms with van der Waals surface area (Å²) in [5.41, 5.74) is 1.05. The molecule has 4 rings (SSSR count). The number of rotatable bonds is 10. The van der Waals surface area contributed by atoms with Gasteiger partial charge in [0.15, 0.2) is 5.69 Å². The Hall–Kier alpha value is -4.31. The summed E-state index contributed by atoms with van der Waals surface area (Å²) in [5.74, 6) is -0.161. The summed E-state index contributed by atoms with van der Waals surface area (Å²) in [6, 6.07) is 17.1. The molecule has 0 saturated carbocycles. The number of nitrogens with one attached hydrogen (secondary N) is 1. The normalized spacial score (nSPS) is 12.3. The van der Waals surface area contributed by atoms with Gasteiger partial charge in [-0.25, -0.2) is 9.78 Å². The van der Waals surface area contributed by atoms with Gasteiger partial charge in [-0.05, 0) is 66.1 Å². The van der Waals surface area contributed by atoms with Crippen molar-refractivity contribution < 1.29 is 37.3 Å². The van der Waals surface area contributed by atoms with Gasteiger partial charge in [0.25, 0.3) is 0 Å². The molecule has 0 saturated heterocycles. The van der Waals surface area contributed by atoms with E-state index < -0.39 is 17.7 Å². The van der Waals surface area contributed by atoms with Crippen LogP contribution in [0.2, 0.25) is 0 Å². The highest BCUT2D eigenvalue weighted by Gasteiger charge is 2.31. The van der Waals surface area contributed by atoms with Gasteiger partial charge in [-0.3, -0.25) is 0 Å². The summed E-state index contributed by atoms with van der Waals surface area (Å²) in [6.45, 7) is 2.51. The number of ether oxygens (including phenoxy) is 3. The monoisotopic (exact) mass is 540 g/mol. The summed E-state index contributed by atoms with van der Waals surface area (Å²) in [7, 11) is 2.97. The predicted octanol–water partition coefficient (Wildman–Crippen LogP) is 6.37. The molecule has 7 nitrogen and oxygen atoms in total. The summed E-state index contributed by atoms with van der Waals surface area (Å²) < 4.78 is 57.5. The van der Waals surface area contributed by atoms with Crippen molar-refractivity contribution in [3.63, 3.8) is 0 Å². The van der Waals surface area contributed by atoms with Crippen LogP contribution in [-0.2, 0) is 6.18 Å². The van der Waals surface area contributed by atoms with Crippen LogP contribution < -0.4 is 19.5 Å². The van der Waals surface area contributed by atoms with Crippen molar-refractivity contribution in [2.45, 2.75) is 19.1 Å². The minimum Gasteiger partial charge on any atom is -0.497 e. The smallest absolute Gasteiger partial charge is 0.416 e. The molecule has 1 aromatic heterocycles. The maximum Gasteiger partial charge on any atom is 0.416 e. The molecule has 0 spiro atoms. The minimum atomic E-state index is -4.58. The number of alkyl halides is 3. The topological polar surface area (TPSA) is 89.9 Å². The molecule has 10 heteroatoms. The highest BCUT2D eigenvalue weighted by Crippen LogP contribution is 2.37. The first-order valence-corrected chi connectivity index (χ1v) is 12.0. The van der Waals surface area contributed by atoms with E-state index in [9.17, 15) is 23.1 Å². The van der Waals surface area contributed by atoms with Crippen LogP contribution in [0.4, 0.5) is 13.2 Å². The van der Waals surface area contributed by atoms with Crippen LogP contribution in [0.1, 0.15) is 34.6 Å². The zero-order valence-corrected chi connectivity index (χ0v) is 21.5. The van der Waals surface area contributed by atoms with Crippen molar-refractivity contribution >= 4 is 16.9 Å². The van der Waals surface area contributed by atoms with E-state index in [0.717, 1.165) is 23.4 Å². The van der Waals surface area contributed by atoms with E-state index in [1.54, 1.807) is 25.3 Å². The number of hydrogen-bond acceptors (Lipinski definition) is 6. The molecule has 1 atom stereocenters. The molecule has 0 amide bonds. The van der Waals surface area contributed by atoms with Crippen LogP contribution in [0.3, 0.4) is 0 Å². The van der Waals surface area contributed by atoms with Crippen LogP contribution in [0.5, 0.6) is 17.2 Å². The highest BCUT2D eigenvalue weighted by atomic mass is 19.4. The van der Waals surface area contributed by atoms with Gasteiger partial charge in [0, 0.05) is 24.0 Å². The molecule has 0 bridgehead atoms. The van der Waals surface area contributed by atoms with Gasteiger partial charge in [0.1, 0.15) is 23.9 Å². The SMILES string of the molecule is COc1cccc(C(C)NCCOc2cc(-c3ccc4nc(C(=O)O)cc(OC)c4c3)cc(C(F)(F)F)c2)c1. The van der Waals surface area contributed by atoms with Gasteiger partial charge in [0.05, 0.1) is 25.3 Å². The molecule has 1 heterocycles. The molecular formula is C29H27F3N2O5. The molecular weight excluding hydrogens is 513 g/mol. The Morgan fingerprint density at radius 1 is 0.974 bits per heavy atom. The number of benzene rings is 3. The van der Waals surface area contributed by atoms with E-state index in [0.29, 0.717) is 23.0 Å². The first kappa shape index (κ1) is 27.7. The Morgan fingerprint density at radius 3 is 2.46 bits per heavy atom. The number of aromatic nitrogens is 1. The van der Waals surface area contributed by atoms with Crippen LogP contribution >= 0.6 is 0 Å². The second-order valence-electron chi connectivity index (χ2n) is 8.79. The second-order valence-corrected chi connectivity index (χ2v) is 8.79. The number of pyridine rings is 1. The van der Waals surface area contributed by atoms with Crippen molar-refractivity contribution in [2.75, 3.05) is 27.4 Å². The lowest BCUT2D eigenvalue weighted by atomic mass is 10.00. The maximum absolute atomic E-state index is 13.7. The van der Waals surface area contributed by atoms with Crippen molar-refractivity contribution in [2.24, 2.45) is 0 Å². The van der Waals surface area contributed by atoms with Gasteiger partial charge >= 0.3 is 12.1 Å². The van der Waals surface area contributed by atoms with E-state index >= 15 is 0 Å². The molecule has 0 fully saturated rings. The summed E-state index contributed by atoms with van der Waals surface area (Å²) in [4.78, 5) is 15.5. The third-order valence-corrected chi connectivity index (χ3v) is 6.19. The van der Waals surface area contributed by atoms with E-state index in [-0.39, 0.29) is 35.4 Å². The number of carboxylic acid groups (broad SMARTS) is 1. The lowest BCUT2D eigenvalue weighted by Gasteiger charge is -2.17. The molecule has 0 aliphatic heterocycles. The van der Waals surface area contributed by atoms with Gasteiger partial charge in [-0.1, -0.05) is 18.2 Å². The summed E-state index contributed by atoms with van der Waals surface area (Å²) >= 11 is 0. The minimum absolute atomic E-state index is 0.0244. The Bertz CT molecular complexity index is 1490. The number of methoxy groups -OCH3 is 2. The van der Waals surface area contributed by atoms with Crippen LogP contribution in [-0.4, -0.2) is 43.4 Å². The van der Waals surface area contributed by atoms with Crippen LogP contribution in [0.15, 0.2) is 66.7 Å². The Balaban J connectivity index is 1.56. The first-order valence-electron chi connectivity index (χ1n) is 12.0. The second kappa shape index (κ2) is 11.6. The zero-order chi connectivity index (χ0) is 28.2. The number of hydrogen-bond donors (Lipinski definition) is 2. The fraction of sp³-hybridized carbons (Fsp3) is 0.241. The molecule has 0 radical (unpaired) electrons. The quantitative estimate of drug-likeness (QED) is 0.226. The third kappa shape index (κ3) is 6.58. The van der Waals surface area contributed by atoms with Gasteiger partial charge in [-0.15, -0.1) is 0 Å². The number of nitrogens with zero attached hydrogens (tertiary/aromatic N) is 1. The first-order chi connectivity index (χ1) is 18.6. The number of carboxylic acids is 1. The standard InChI is InChI=1S/C29H27F3N2O5/c1-17(18-5-4-6-22(12-18)37-2)33-9-10-39-23-13-20(11-21(15-23)29(30,31)32)19-7-8-25-24(14-19)27(38-3)16-26(34-25)28(35)36/h4-8,11-17,33H,9-10H2,1-3H3,(H,35,36). The summed E-state index contributed by atoms with van der Waals surface area (Å²) in [6.07, 6.45) is -4.58. The fourth-order valence-electron chi connectivity index (χ4n) is 4.14. The average molecular weight is 541 g/mol. The van der Waals surface area contributed by atoms with Crippen LogP contribution in [0.25, 0.3) is 22.0 Å². The Kier molecular flexibility index (Phi) is 8.25. The van der Waals surface area contributed by atoms with E-state index in [4.69, 9.17) is 14.2 Å². The predicted molar refractivity (Wildman–Crippen MR) is 141 cm³/mol. The van der Waals surface area contributed by atoms with E-state index in [2.05, 4.69) is 10.3 Å². The van der Waals surface area contributed by atoms with E-state index in [1.807, 2.05) is 31.2 Å². The lowest BCUT2D eigenvalue weighted by molar-refractivity contribution is -0.137. The number of fused-ring (bicyclic) bond motifs is 1. The van der Waals surface area contributed by atoms with Crippen molar-refractivity contribution in [1.82, 2.24) is 10.3 Å². The number of carbonyl (C=O) groups is 1. The Morgan fingerprint density at radius 2 is 1.77 bits per heavy atom. The maximum atomic E-state index is 13.7. The lowest BCUT2D eigenvalue weighted by Crippen LogP contribution is -2.24. The molecule has 0 aliphatic rings. The molecule has 3 aromatic carbocycles. The molecule has 39 heavy (non-hydrogen) atoms. The molecule has 0 aliphatic carbocycles. The van der Waals surface area contributed by atoms with Gasteiger partial charge in [0.2, 0.25) is 0 Å². The largest absolute Gasteiger partial charge is 0.497 e. The van der Waals surface area contributed by atoms with Crippen LogP contribution in [0, 0.1) is 0 Å². The van der Waals surface area contributed by atoms with Gasteiger partial charge < -0.3 is 24.6 Å². The van der Waals surface area contributed by atoms with Gasteiger partial charge in [-0.2, -0.15) is 13.2 Å². The summed E-state index contributed by atoms with van der Waals surface area (Å²) in [5, 5.41) is 13.0. The molecule has 2 N–H and O–H groups in total. The van der Waals surface area contributed by atoms with Crippen molar-refractivity contribution in [3.8, 4) is 28.4 Å².